The van der Waals surface area contributed by atoms with Crippen molar-refractivity contribution >= 4 is 50.2 Å². The standard InChI is InChI=1S/C22H38BrN5O5Si2/c1-11(2)34(12(3)4)30-10-16-15(32-35(33-34,13(5)6)14(7)8)9-17(31-16)28-19-18(25-21(28)23)20(29)27-22(24)26-19/h11-17H,9-10H2,1-8H3,(H3,24,26,27,29)/t15?,16-,17-/m1/s1. The Morgan fingerprint density at radius 3 is 2.17 bits per heavy atom. The Hall–Kier alpha value is -1.10. The highest BCUT2D eigenvalue weighted by Crippen LogP contribution is 2.48. The number of aromatic nitrogens is 4. The van der Waals surface area contributed by atoms with E-state index in [4.69, 9.17) is 23.4 Å². The summed E-state index contributed by atoms with van der Waals surface area (Å²) in [6.45, 7) is 18.0. The van der Waals surface area contributed by atoms with Crippen molar-refractivity contribution in [3.05, 3.63) is 15.1 Å². The molecule has 2 aromatic rings. The summed E-state index contributed by atoms with van der Waals surface area (Å²) in [5.74, 6) is 0.0313. The molecule has 1 unspecified atom stereocenters. The van der Waals surface area contributed by atoms with E-state index in [-0.39, 0.29) is 51.4 Å². The predicted octanol–water partition coefficient (Wildman–Crippen LogP) is 4.71. The minimum absolute atomic E-state index is 0.0313. The number of ether oxygens (including phenoxy) is 1. The van der Waals surface area contributed by atoms with Crippen molar-refractivity contribution in [1.29, 1.82) is 0 Å². The Morgan fingerprint density at radius 2 is 1.60 bits per heavy atom. The normalized spacial score (nSPS) is 26.6. The molecule has 3 atom stereocenters. The topological polar surface area (TPSA) is 127 Å². The Balaban J connectivity index is 1.77. The third-order valence-electron chi connectivity index (χ3n) is 7.34. The summed E-state index contributed by atoms with van der Waals surface area (Å²) in [6, 6.07) is 0. The number of nitrogens with two attached hydrogens (primary N) is 1. The van der Waals surface area contributed by atoms with Crippen molar-refractivity contribution < 1.29 is 17.7 Å². The molecule has 0 bridgehead atoms. The van der Waals surface area contributed by atoms with E-state index in [9.17, 15) is 4.79 Å². The van der Waals surface area contributed by atoms with Gasteiger partial charge in [0.15, 0.2) is 15.9 Å². The maximum atomic E-state index is 12.4. The average molecular weight is 589 g/mol. The van der Waals surface area contributed by atoms with Crippen LogP contribution in [0.2, 0.25) is 22.2 Å². The third-order valence-corrected chi connectivity index (χ3v) is 18.2. The van der Waals surface area contributed by atoms with Gasteiger partial charge in [-0.1, -0.05) is 55.4 Å². The van der Waals surface area contributed by atoms with E-state index in [1.165, 1.54) is 0 Å². The quantitative estimate of drug-likeness (QED) is 0.380. The van der Waals surface area contributed by atoms with Gasteiger partial charge in [-0.15, -0.1) is 0 Å². The maximum Gasteiger partial charge on any atom is 0.335 e. The molecule has 10 nitrogen and oxygen atoms in total. The lowest BCUT2D eigenvalue weighted by Crippen LogP contribution is -2.65. The van der Waals surface area contributed by atoms with Gasteiger partial charge in [0, 0.05) is 6.42 Å². The number of nitrogens with one attached hydrogen (secondary N) is 1. The molecule has 2 saturated heterocycles. The number of halogens is 1. The van der Waals surface area contributed by atoms with Gasteiger partial charge in [-0.3, -0.25) is 14.3 Å². The summed E-state index contributed by atoms with van der Waals surface area (Å²) in [5.41, 5.74) is 7.00. The average Bonchev–Trinajstić information content (AvgIpc) is 3.26. The zero-order chi connectivity index (χ0) is 25.9. The number of anilines is 1. The second-order valence-electron chi connectivity index (χ2n) is 10.9. The molecule has 35 heavy (non-hydrogen) atoms. The van der Waals surface area contributed by atoms with Crippen LogP contribution >= 0.6 is 15.9 Å². The Kier molecular flexibility index (Phi) is 7.43. The first-order valence-corrected chi connectivity index (χ1v) is 17.2. The van der Waals surface area contributed by atoms with E-state index in [2.05, 4.69) is 86.3 Å². The van der Waals surface area contributed by atoms with Crippen molar-refractivity contribution in [2.45, 2.75) is 102 Å². The number of hydrogen-bond donors (Lipinski definition) is 2. The van der Waals surface area contributed by atoms with Gasteiger partial charge in [0.1, 0.15) is 12.3 Å². The summed E-state index contributed by atoms with van der Waals surface area (Å²) in [5, 5.41) is 0. The fourth-order valence-electron chi connectivity index (χ4n) is 5.52. The molecule has 196 valence electrons. The molecule has 2 aromatic heterocycles. The second-order valence-corrected chi connectivity index (χ2v) is 20.4. The second kappa shape index (κ2) is 9.65. The first-order chi connectivity index (χ1) is 16.3. The van der Waals surface area contributed by atoms with Crippen molar-refractivity contribution in [2.24, 2.45) is 0 Å². The largest absolute Gasteiger partial charge is 0.414 e. The van der Waals surface area contributed by atoms with E-state index in [1.807, 2.05) is 0 Å². The lowest BCUT2D eigenvalue weighted by atomic mass is 10.2. The van der Waals surface area contributed by atoms with Gasteiger partial charge < -0.3 is 23.4 Å². The Bertz CT molecular complexity index is 1120. The van der Waals surface area contributed by atoms with Crippen LogP contribution in [0.25, 0.3) is 11.2 Å². The van der Waals surface area contributed by atoms with Crippen LogP contribution in [0.4, 0.5) is 5.95 Å². The number of nitrogen functional groups attached to an aromatic ring is 1. The van der Waals surface area contributed by atoms with Crippen LogP contribution in [0.3, 0.4) is 0 Å². The number of fused-ring (bicyclic) bond motifs is 2. The number of imidazole rings is 1. The van der Waals surface area contributed by atoms with E-state index in [1.54, 1.807) is 4.57 Å². The predicted molar refractivity (Wildman–Crippen MR) is 143 cm³/mol. The first-order valence-electron chi connectivity index (χ1n) is 12.4. The van der Waals surface area contributed by atoms with Crippen molar-refractivity contribution in [3.8, 4) is 0 Å². The number of rotatable bonds is 5. The Morgan fingerprint density at radius 1 is 1.00 bits per heavy atom. The molecule has 2 aliphatic heterocycles. The third kappa shape index (κ3) is 4.46. The lowest BCUT2D eigenvalue weighted by molar-refractivity contribution is -0.0550. The lowest BCUT2D eigenvalue weighted by Gasteiger charge is -2.51. The van der Waals surface area contributed by atoms with Crippen LogP contribution in [0.1, 0.15) is 68.0 Å². The molecule has 2 fully saturated rings. The molecule has 3 N–H and O–H groups in total. The maximum absolute atomic E-state index is 12.4. The van der Waals surface area contributed by atoms with Gasteiger partial charge in [0.25, 0.3) is 5.56 Å². The molecule has 0 amide bonds. The van der Waals surface area contributed by atoms with Crippen LogP contribution < -0.4 is 11.3 Å². The number of nitrogens with zero attached hydrogens (tertiary/aromatic N) is 3. The van der Waals surface area contributed by atoms with Gasteiger partial charge in [-0.05, 0) is 38.1 Å². The zero-order valence-electron chi connectivity index (χ0n) is 21.8. The van der Waals surface area contributed by atoms with E-state index < -0.39 is 23.3 Å². The molecule has 0 radical (unpaired) electrons. The summed E-state index contributed by atoms with van der Waals surface area (Å²) in [7, 11) is -5.38. The highest BCUT2D eigenvalue weighted by molar-refractivity contribution is 9.10. The summed E-state index contributed by atoms with van der Waals surface area (Å²) in [6.07, 6.45) is -0.380. The first kappa shape index (κ1) is 27.0. The summed E-state index contributed by atoms with van der Waals surface area (Å²) < 4.78 is 29.9. The van der Waals surface area contributed by atoms with Crippen LogP contribution in [-0.4, -0.2) is 55.5 Å². The minimum Gasteiger partial charge on any atom is -0.414 e. The van der Waals surface area contributed by atoms with Gasteiger partial charge in [-0.2, -0.15) is 4.98 Å². The number of hydrogen-bond acceptors (Lipinski definition) is 8. The molecule has 13 heteroatoms. The molecule has 2 aliphatic rings. The van der Waals surface area contributed by atoms with Gasteiger partial charge in [-0.25, -0.2) is 4.98 Å². The summed E-state index contributed by atoms with van der Waals surface area (Å²) in [4.78, 5) is 23.6. The van der Waals surface area contributed by atoms with E-state index in [0.29, 0.717) is 23.4 Å². The minimum atomic E-state index is -2.74. The zero-order valence-corrected chi connectivity index (χ0v) is 25.4. The van der Waals surface area contributed by atoms with E-state index in [0.717, 1.165) is 0 Å². The number of aromatic amines is 1. The van der Waals surface area contributed by atoms with Gasteiger partial charge in [0.2, 0.25) is 5.95 Å². The summed E-state index contributed by atoms with van der Waals surface area (Å²) >= 11 is 3.49. The molecule has 4 heterocycles. The fraction of sp³-hybridized carbons (Fsp3) is 0.773. The van der Waals surface area contributed by atoms with E-state index >= 15 is 0 Å². The molecular formula is C22H38BrN5O5Si2. The van der Waals surface area contributed by atoms with Crippen molar-refractivity contribution in [3.63, 3.8) is 0 Å². The smallest absolute Gasteiger partial charge is 0.335 e. The molecule has 0 spiro atoms. The highest BCUT2D eigenvalue weighted by atomic mass is 79.9. The Labute approximate surface area is 216 Å². The van der Waals surface area contributed by atoms with Gasteiger partial charge >= 0.3 is 17.1 Å². The van der Waals surface area contributed by atoms with Crippen molar-refractivity contribution in [2.75, 3.05) is 12.3 Å². The molecule has 0 aromatic carbocycles. The molecule has 4 rings (SSSR count). The van der Waals surface area contributed by atoms with Crippen LogP contribution in [-0.2, 0) is 17.7 Å². The molecule has 0 saturated carbocycles. The van der Waals surface area contributed by atoms with Crippen molar-refractivity contribution in [1.82, 2.24) is 19.5 Å². The monoisotopic (exact) mass is 587 g/mol. The van der Waals surface area contributed by atoms with Crippen LogP contribution in [0.15, 0.2) is 9.53 Å². The van der Waals surface area contributed by atoms with Crippen LogP contribution in [0, 0.1) is 0 Å². The van der Waals surface area contributed by atoms with Gasteiger partial charge in [0.05, 0.1) is 12.7 Å². The highest BCUT2D eigenvalue weighted by Gasteiger charge is 2.60. The molecular weight excluding hydrogens is 550 g/mol. The number of H-pyrrole nitrogens is 1. The van der Waals surface area contributed by atoms with Crippen LogP contribution in [0.5, 0.6) is 0 Å². The SMILES string of the molecule is CC(C)[Si]1(C(C)C)OC[C@H]2O[C@@H](n3c(Br)nc4c(=O)[nH]c(N)nc43)CC2O[Si](C(C)C)(C(C)C)O1. The molecule has 0 aliphatic carbocycles. The fourth-order valence-corrected chi connectivity index (χ4v) is 17.3.